The first-order valence-electron chi connectivity index (χ1n) is 5.65. The van der Waals surface area contributed by atoms with Gasteiger partial charge in [-0.2, -0.15) is 0 Å². The number of hydrogen-bond donors (Lipinski definition) is 3. The summed E-state index contributed by atoms with van der Waals surface area (Å²) in [6.07, 6.45) is -0.930. The molecule has 1 atom stereocenters. The van der Waals surface area contributed by atoms with E-state index in [4.69, 9.17) is 10.5 Å². The average molecular weight is 269 g/mol. The Morgan fingerprint density at radius 1 is 1.47 bits per heavy atom. The van der Waals surface area contributed by atoms with Crippen molar-refractivity contribution in [3.8, 4) is 5.75 Å². The van der Waals surface area contributed by atoms with Gasteiger partial charge >= 0.3 is 6.03 Å². The number of nitrogens with one attached hydrogen (secondary N) is 2. The van der Waals surface area contributed by atoms with Crippen LogP contribution in [0.2, 0.25) is 0 Å². The van der Waals surface area contributed by atoms with E-state index in [-0.39, 0.29) is 12.3 Å². The van der Waals surface area contributed by atoms with Crippen molar-refractivity contribution in [2.75, 3.05) is 7.05 Å². The smallest absolute Gasteiger partial charge is 0.321 e. The van der Waals surface area contributed by atoms with Crippen LogP contribution in [0, 0.1) is 5.82 Å². The maximum Gasteiger partial charge on any atom is 0.321 e. The Morgan fingerprint density at radius 2 is 2.16 bits per heavy atom. The number of amides is 3. The van der Waals surface area contributed by atoms with Gasteiger partial charge in [-0.1, -0.05) is 6.07 Å². The van der Waals surface area contributed by atoms with Crippen LogP contribution in [0.3, 0.4) is 0 Å². The second kappa shape index (κ2) is 6.69. The van der Waals surface area contributed by atoms with Gasteiger partial charge in [0, 0.05) is 25.2 Å². The van der Waals surface area contributed by atoms with Crippen LogP contribution in [0.15, 0.2) is 18.2 Å². The van der Waals surface area contributed by atoms with Gasteiger partial charge in [0.2, 0.25) is 0 Å². The van der Waals surface area contributed by atoms with Crippen molar-refractivity contribution in [1.29, 1.82) is 0 Å². The minimum Gasteiger partial charge on any atom is -0.481 e. The molecule has 1 rings (SSSR count). The quantitative estimate of drug-likeness (QED) is 0.742. The minimum atomic E-state index is -0.930. The van der Waals surface area contributed by atoms with Crippen molar-refractivity contribution in [1.82, 2.24) is 10.6 Å². The molecule has 4 N–H and O–H groups in total. The number of hydrogen-bond acceptors (Lipinski definition) is 4. The molecular formula is C12H16FN3O3. The third kappa shape index (κ3) is 4.22. The van der Waals surface area contributed by atoms with Gasteiger partial charge in [0.25, 0.3) is 5.91 Å². The van der Waals surface area contributed by atoms with Crippen LogP contribution in [-0.4, -0.2) is 25.1 Å². The molecule has 0 aliphatic heterocycles. The van der Waals surface area contributed by atoms with Gasteiger partial charge in [0.05, 0.1) is 0 Å². The normalized spacial score (nSPS) is 11.6. The van der Waals surface area contributed by atoms with Crippen LogP contribution in [0.4, 0.5) is 9.18 Å². The van der Waals surface area contributed by atoms with E-state index in [0.29, 0.717) is 5.56 Å². The van der Waals surface area contributed by atoms with Crippen molar-refractivity contribution in [2.45, 2.75) is 19.6 Å². The van der Waals surface area contributed by atoms with Gasteiger partial charge in [-0.3, -0.25) is 10.1 Å². The molecule has 1 aromatic carbocycles. The Bertz CT molecular complexity index is 479. The molecule has 0 fully saturated rings. The molecule has 0 saturated heterocycles. The Kier molecular flexibility index (Phi) is 5.25. The SMILES string of the molecule is CNC(=O)NC(=O)C(C)Oc1ccc(CN)c(F)c1. The molecule has 0 saturated carbocycles. The van der Waals surface area contributed by atoms with E-state index in [1.807, 2.05) is 0 Å². The summed E-state index contributed by atoms with van der Waals surface area (Å²) < 4.78 is 18.7. The number of rotatable bonds is 4. The van der Waals surface area contributed by atoms with Crippen molar-refractivity contribution in [2.24, 2.45) is 5.73 Å². The fraction of sp³-hybridized carbons (Fsp3) is 0.333. The Balaban J connectivity index is 2.66. The van der Waals surface area contributed by atoms with Crippen molar-refractivity contribution in [3.63, 3.8) is 0 Å². The highest BCUT2D eigenvalue weighted by molar-refractivity contribution is 5.96. The fourth-order valence-electron chi connectivity index (χ4n) is 1.30. The Morgan fingerprint density at radius 3 is 2.68 bits per heavy atom. The summed E-state index contributed by atoms with van der Waals surface area (Å²) in [6, 6.07) is 3.50. The van der Waals surface area contributed by atoms with Gasteiger partial charge in [0.15, 0.2) is 6.10 Å². The highest BCUT2D eigenvalue weighted by Gasteiger charge is 2.17. The lowest BCUT2D eigenvalue weighted by molar-refractivity contribution is -0.126. The summed E-state index contributed by atoms with van der Waals surface area (Å²) >= 11 is 0. The van der Waals surface area contributed by atoms with E-state index in [1.54, 1.807) is 0 Å². The largest absolute Gasteiger partial charge is 0.481 e. The zero-order valence-corrected chi connectivity index (χ0v) is 10.7. The molecule has 1 aromatic rings. The maximum atomic E-state index is 13.4. The number of ether oxygens (including phenoxy) is 1. The summed E-state index contributed by atoms with van der Waals surface area (Å²) in [6.45, 7) is 1.53. The Labute approximate surface area is 110 Å². The molecule has 0 radical (unpaired) electrons. The van der Waals surface area contributed by atoms with E-state index < -0.39 is 23.9 Å². The molecule has 19 heavy (non-hydrogen) atoms. The van der Waals surface area contributed by atoms with Crippen molar-refractivity contribution < 1.29 is 18.7 Å². The van der Waals surface area contributed by atoms with Crippen molar-refractivity contribution in [3.05, 3.63) is 29.6 Å². The molecule has 3 amide bonds. The number of halogens is 1. The van der Waals surface area contributed by atoms with Crippen LogP contribution in [0.5, 0.6) is 5.75 Å². The predicted molar refractivity (Wildman–Crippen MR) is 67.0 cm³/mol. The lowest BCUT2D eigenvalue weighted by Crippen LogP contribution is -2.43. The number of urea groups is 1. The number of carbonyl (C=O) groups is 2. The third-order valence-corrected chi connectivity index (χ3v) is 2.39. The minimum absolute atomic E-state index is 0.0822. The molecule has 0 aliphatic rings. The van der Waals surface area contributed by atoms with E-state index in [2.05, 4.69) is 10.6 Å². The van der Waals surface area contributed by atoms with E-state index in [1.165, 1.54) is 26.1 Å². The highest BCUT2D eigenvalue weighted by atomic mass is 19.1. The van der Waals surface area contributed by atoms with Crippen LogP contribution in [0.25, 0.3) is 0 Å². The number of imide groups is 1. The monoisotopic (exact) mass is 269 g/mol. The van der Waals surface area contributed by atoms with Crippen LogP contribution < -0.4 is 21.1 Å². The Hall–Kier alpha value is -2.15. The molecule has 0 aromatic heterocycles. The topological polar surface area (TPSA) is 93.5 Å². The highest BCUT2D eigenvalue weighted by Crippen LogP contribution is 2.17. The number of benzene rings is 1. The molecular weight excluding hydrogens is 253 g/mol. The second-order valence-corrected chi connectivity index (χ2v) is 3.79. The van der Waals surface area contributed by atoms with E-state index in [0.717, 1.165) is 6.07 Å². The molecule has 6 nitrogen and oxygen atoms in total. The van der Waals surface area contributed by atoms with Crippen LogP contribution in [-0.2, 0) is 11.3 Å². The zero-order valence-electron chi connectivity index (χ0n) is 10.7. The second-order valence-electron chi connectivity index (χ2n) is 3.79. The summed E-state index contributed by atoms with van der Waals surface area (Å²) in [5.74, 6) is -0.934. The molecule has 0 bridgehead atoms. The lowest BCUT2D eigenvalue weighted by Gasteiger charge is -2.14. The summed E-state index contributed by atoms with van der Waals surface area (Å²) in [5, 5.41) is 4.30. The van der Waals surface area contributed by atoms with Crippen LogP contribution in [0.1, 0.15) is 12.5 Å². The molecule has 104 valence electrons. The summed E-state index contributed by atoms with van der Waals surface area (Å²) in [4.78, 5) is 22.5. The number of carbonyl (C=O) groups excluding carboxylic acids is 2. The lowest BCUT2D eigenvalue weighted by atomic mass is 10.2. The van der Waals surface area contributed by atoms with E-state index >= 15 is 0 Å². The fourth-order valence-corrected chi connectivity index (χ4v) is 1.30. The van der Waals surface area contributed by atoms with Gasteiger partial charge in [-0.05, 0) is 13.0 Å². The first-order valence-corrected chi connectivity index (χ1v) is 5.65. The zero-order chi connectivity index (χ0) is 14.4. The van der Waals surface area contributed by atoms with Gasteiger partial charge in [0.1, 0.15) is 11.6 Å². The van der Waals surface area contributed by atoms with E-state index in [9.17, 15) is 14.0 Å². The average Bonchev–Trinajstić information content (AvgIpc) is 2.38. The molecule has 1 unspecified atom stereocenters. The van der Waals surface area contributed by atoms with Crippen LogP contribution >= 0.6 is 0 Å². The third-order valence-electron chi connectivity index (χ3n) is 2.39. The maximum absolute atomic E-state index is 13.4. The number of nitrogens with two attached hydrogens (primary N) is 1. The molecule has 0 aliphatic carbocycles. The standard InChI is InChI=1S/C12H16FN3O3/c1-7(11(17)16-12(18)15-2)19-9-4-3-8(6-14)10(13)5-9/h3-5,7H,6,14H2,1-2H3,(H2,15,16,17,18). The summed E-state index contributed by atoms with van der Waals surface area (Å²) in [7, 11) is 1.38. The van der Waals surface area contributed by atoms with Gasteiger partial charge in [-0.15, -0.1) is 0 Å². The van der Waals surface area contributed by atoms with Gasteiger partial charge < -0.3 is 15.8 Å². The molecule has 0 heterocycles. The molecule has 0 spiro atoms. The molecule has 7 heteroatoms. The predicted octanol–water partition coefficient (Wildman–Crippen LogP) is 0.507. The van der Waals surface area contributed by atoms with Gasteiger partial charge in [-0.25, -0.2) is 9.18 Å². The van der Waals surface area contributed by atoms with Crippen molar-refractivity contribution >= 4 is 11.9 Å². The first-order chi connectivity index (χ1) is 8.97. The summed E-state index contributed by atoms with van der Waals surface area (Å²) in [5.41, 5.74) is 5.69. The first kappa shape index (κ1) is 14.9.